The smallest absolute Gasteiger partial charge is 0.233 e. The molecule has 4 nitrogen and oxygen atoms in total. The quantitative estimate of drug-likeness (QED) is 0.872. The topological polar surface area (TPSA) is 49.4 Å². The zero-order chi connectivity index (χ0) is 15.4. The molecule has 0 aliphatic carbocycles. The summed E-state index contributed by atoms with van der Waals surface area (Å²) in [6.07, 6.45) is 2.05. The van der Waals surface area contributed by atoms with Gasteiger partial charge in [0.15, 0.2) is 0 Å². The third-order valence-corrected chi connectivity index (χ3v) is 4.18. The number of carbonyl (C=O) groups is 2. The molecule has 1 saturated heterocycles. The third-order valence-electron chi connectivity index (χ3n) is 3.78. The van der Waals surface area contributed by atoms with Gasteiger partial charge >= 0.3 is 0 Å². The minimum absolute atomic E-state index is 0.0998. The van der Waals surface area contributed by atoms with Gasteiger partial charge in [0.2, 0.25) is 11.8 Å². The average molecular weight is 309 g/mol. The van der Waals surface area contributed by atoms with Crippen LogP contribution < -0.4 is 5.32 Å². The van der Waals surface area contributed by atoms with Crippen LogP contribution in [0.2, 0.25) is 5.02 Å². The van der Waals surface area contributed by atoms with Crippen molar-refractivity contribution in [1.29, 1.82) is 0 Å². The Kier molecular flexibility index (Phi) is 5.23. The van der Waals surface area contributed by atoms with E-state index < -0.39 is 0 Å². The van der Waals surface area contributed by atoms with Crippen molar-refractivity contribution in [2.75, 3.05) is 18.4 Å². The lowest BCUT2D eigenvalue weighted by Crippen LogP contribution is -2.40. The lowest BCUT2D eigenvalue weighted by Gasteiger charge is -2.30. The van der Waals surface area contributed by atoms with Crippen molar-refractivity contribution in [1.82, 2.24) is 4.90 Å². The number of halogens is 1. The highest BCUT2D eigenvalue weighted by Gasteiger charge is 2.22. The molecule has 114 valence electrons. The summed E-state index contributed by atoms with van der Waals surface area (Å²) in [5.41, 5.74) is 1.57. The van der Waals surface area contributed by atoms with E-state index in [-0.39, 0.29) is 18.2 Å². The summed E-state index contributed by atoms with van der Waals surface area (Å²) >= 11 is 6.01. The summed E-state index contributed by atoms with van der Waals surface area (Å²) in [5.74, 6) is 0.122. The van der Waals surface area contributed by atoms with E-state index in [0.29, 0.717) is 16.6 Å². The number of rotatable bonds is 3. The fraction of sp³-hybridized carbons (Fsp3) is 0.500. The SMILES string of the molecule is Cc1ccc(NC(=O)CC(=O)N2CCCC(C)C2)cc1Cl. The van der Waals surface area contributed by atoms with E-state index in [0.717, 1.165) is 31.5 Å². The molecule has 1 aromatic rings. The van der Waals surface area contributed by atoms with Crippen molar-refractivity contribution in [2.45, 2.75) is 33.1 Å². The Labute approximate surface area is 130 Å². The van der Waals surface area contributed by atoms with Crippen LogP contribution in [-0.2, 0) is 9.59 Å². The van der Waals surface area contributed by atoms with Gasteiger partial charge in [-0.3, -0.25) is 9.59 Å². The molecule has 5 heteroatoms. The molecule has 2 rings (SSSR count). The standard InChI is InChI=1S/C16H21ClN2O2/c1-11-4-3-7-19(10-11)16(21)9-15(20)18-13-6-5-12(2)14(17)8-13/h5-6,8,11H,3-4,7,9-10H2,1-2H3,(H,18,20). The molecule has 0 saturated carbocycles. The molecule has 1 heterocycles. The van der Waals surface area contributed by atoms with Gasteiger partial charge in [0.05, 0.1) is 0 Å². The van der Waals surface area contributed by atoms with Crippen molar-refractivity contribution in [3.05, 3.63) is 28.8 Å². The van der Waals surface area contributed by atoms with E-state index in [1.807, 2.05) is 13.0 Å². The van der Waals surface area contributed by atoms with Gasteiger partial charge in [-0.15, -0.1) is 0 Å². The normalized spacial score (nSPS) is 18.4. The molecule has 0 radical (unpaired) electrons. The Morgan fingerprint density at radius 2 is 2.19 bits per heavy atom. The number of hydrogen-bond acceptors (Lipinski definition) is 2. The molecular formula is C16H21ClN2O2. The van der Waals surface area contributed by atoms with Gasteiger partial charge in [-0.25, -0.2) is 0 Å². The summed E-state index contributed by atoms with van der Waals surface area (Å²) in [5, 5.41) is 3.32. The number of likely N-dealkylation sites (tertiary alicyclic amines) is 1. The Morgan fingerprint density at radius 1 is 1.43 bits per heavy atom. The molecule has 21 heavy (non-hydrogen) atoms. The number of anilines is 1. The molecular weight excluding hydrogens is 288 g/mol. The van der Waals surface area contributed by atoms with Crippen LogP contribution in [0.1, 0.15) is 31.7 Å². The monoisotopic (exact) mass is 308 g/mol. The van der Waals surface area contributed by atoms with Crippen LogP contribution >= 0.6 is 11.6 Å². The van der Waals surface area contributed by atoms with E-state index >= 15 is 0 Å². The highest BCUT2D eigenvalue weighted by Crippen LogP contribution is 2.20. The Balaban J connectivity index is 1.88. The first-order valence-corrected chi connectivity index (χ1v) is 7.67. The Hall–Kier alpha value is -1.55. The van der Waals surface area contributed by atoms with E-state index in [9.17, 15) is 9.59 Å². The number of benzene rings is 1. The maximum Gasteiger partial charge on any atom is 0.233 e. The largest absolute Gasteiger partial charge is 0.342 e. The van der Waals surface area contributed by atoms with Gasteiger partial charge in [-0.1, -0.05) is 24.6 Å². The van der Waals surface area contributed by atoms with Gasteiger partial charge in [-0.05, 0) is 43.4 Å². The fourth-order valence-electron chi connectivity index (χ4n) is 2.54. The highest BCUT2D eigenvalue weighted by molar-refractivity contribution is 6.31. The number of nitrogens with one attached hydrogen (secondary N) is 1. The highest BCUT2D eigenvalue weighted by atomic mass is 35.5. The Morgan fingerprint density at radius 3 is 2.86 bits per heavy atom. The predicted octanol–water partition coefficient (Wildman–Crippen LogP) is 3.24. The van der Waals surface area contributed by atoms with Crippen molar-refractivity contribution in [3.63, 3.8) is 0 Å². The van der Waals surface area contributed by atoms with Crippen LogP contribution in [0.25, 0.3) is 0 Å². The molecule has 0 spiro atoms. The van der Waals surface area contributed by atoms with Crippen LogP contribution in [0.15, 0.2) is 18.2 Å². The molecule has 1 fully saturated rings. The molecule has 0 aromatic heterocycles. The maximum absolute atomic E-state index is 12.1. The molecule has 1 atom stereocenters. The van der Waals surface area contributed by atoms with Crippen molar-refractivity contribution >= 4 is 29.1 Å². The second-order valence-electron chi connectivity index (χ2n) is 5.78. The van der Waals surface area contributed by atoms with E-state index in [1.165, 1.54) is 0 Å². The first-order chi connectivity index (χ1) is 9.95. The lowest BCUT2D eigenvalue weighted by atomic mass is 10.00. The third kappa shape index (κ3) is 4.46. The van der Waals surface area contributed by atoms with Crippen LogP contribution in [0, 0.1) is 12.8 Å². The van der Waals surface area contributed by atoms with E-state index in [1.54, 1.807) is 17.0 Å². The molecule has 1 aliphatic heterocycles. The van der Waals surface area contributed by atoms with Crippen LogP contribution in [0.4, 0.5) is 5.69 Å². The lowest BCUT2D eigenvalue weighted by molar-refractivity contribution is -0.136. The fourth-order valence-corrected chi connectivity index (χ4v) is 2.72. The average Bonchev–Trinajstić information content (AvgIpc) is 2.43. The predicted molar refractivity (Wildman–Crippen MR) is 84.4 cm³/mol. The van der Waals surface area contributed by atoms with E-state index in [2.05, 4.69) is 12.2 Å². The zero-order valence-corrected chi connectivity index (χ0v) is 13.2. The van der Waals surface area contributed by atoms with Crippen molar-refractivity contribution in [3.8, 4) is 0 Å². The van der Waals surface area contributed by atoms with Gasteiger partial charge in [0.25, 0.3) is 0 Å². The van der Waals surface area contributed by atoms with Gasteiger partial charge in [0, 0.05) is 23.8 Å². The molecule has 1 unspecified atom stereocenters. The molecule has 1 aliphatic rings. The summed E-state index contributed by atoms with van der Waals surface area (Å²) in [6, 6.07) is 5.32. The summed E-state index contributed by atoms with van der Waals surface area (Å²) in [4.78, 5) is 25.8. The number of aryl methyl sites for hydroxylation is 1. The molecule has 2 amide bonds. The summed E-state index contributed by atoms with van der Waals surface area (Å²) < 4.78 is 0. The number of nitrogens with zero attached hydrogens (tertiary/aromatic N) is 1. The number of piperidine rings is 1. The van der Waals surface area contributed by atoms with Crippen LogP contribution in [-0.4, -0.2) is 29.8 Å². The molecule has 1 aromatic carbocycles. The molecule has 0 bridgehead atoms. The second-order valence-corrected chi connectivity index (χ2v) is 6.18. The summed E-state index contributed by atoms with van der Waals surface area (Å²) in [6.45, 7) is 5.54. The zero-order valence-electron chi connectivity index (χ0n) is 12.5. The van der Waals surface area contributed by atoms with Crippen molar-refractivity contribution in [2.24, 2.45) is 5.92 Å². The number of amides is 2. The summed E-state index contributed by atoms with van der Waals surface area (Å²) in [7, 11) is 0. The maximum atomic E-state index is 12.1. The van der Waals surface area contributed by atoms with E-state index in [4.69, 9.17) is 11.6 Å². The van der Waals surface area contributed by atoms with Crippen LogP contribution in [0.3, 0.4) is 0 Å². The number of carbonyl (C=O) groups excluding carboxylic acids is 2. The van der Waals surface area contributed by atoms with Crippen LogP contribution in [0.5, 0.6) is 0 Å². The van der Waals surface area contributed by atoms with Gasteiger partial charge in [0.1, 0.15) is 6.42 Å². The van der Waals surface area contributed by atoms with Crippen molar-refractivity contribution < 1.29 is 9.59 Å². The second kappa shape index (κ2) is 6.94. The van der Waals surface area contributed by atoms with Gasteiger partial charge in [-0.2, -0.15) is 0 Å². The first kappa shape index (κ1) is 15.8. The minimum atomic E-state index is -0.293. The minimum Gasteiger partial charge on any atom is -0.342 e. The number of hydrogen-bond donors (Lipinski definition) is 1. The Bertz CT molecular complexity index is 545. The molecule has 1 N–H and O–H groups in total. The van der Waals surface area contributed by atoms with Gasteiger partial charge < -0.3 is 10.2 Å². The first-order valence-electron chi connectivity index (χ1n) is 7.29.